The molecule has 2 fully saturated rings. The monoisotopic (exact) mass is 387 g/mol. The van der Waals surface area contributed by atoms with Gasteiger partial charge >= 0.3 is 0 Å². The number of nitrogens with one attached hydrogen (secondary N) is 1. The van der Waals surface area contributed by atoms with Gasteiger partial charge in [0.15, 0.2) is 0 Å². The summed E-state index contributed by atoms with van der Waals surface area (Å²) < 4.78 is 13.2. The van der Waals surface area contributed by atoms with Crippen LogP contribution in [0, 0.1) is 11.7 Å². The molecule has 2 aliphatic rings. The van der Waals surface area contributed by atoms with E-state index in [2.05, 4.69) is 39.6 Å². The molecule has 2 aromatic rings. The number of carbonyl (C=O) groups excluding carboxylic acids is 1. The summed E-state index contributed by atoms with van der Waals surface area (Å²) in [4.78, 5) is 18.3. The Hall–Kier alpha value is -1.92. The number of carbonyl (C=O) groups is 1. The summed E-state index contributed by atoms with van der Waals surface area (Å²) in [5.41, 5.74) is 1.07. The van der Waals surface area contributed by atoms with E-state index >= 15 is 0 Å². The highest BCUT2D eigenvalue weighted by molar-refractivity contribution is 7.10. The zero-order valence-electron chi connectivity index (χ0n) is 15.6. The molecule has 4 rings (SSSR count). The summed E-state index contributed by atoms with van der Waals surface area (Å²) in [5, 5.41) is 5.35. The van der Waals surface area contributed by atoms with E-state index in [1.807, 2.05) is 12.1 Å². The Balaban J connectivity index is 1.43. The standard InChI is InChI=1S/C21H26FN3OS/c1-15(23-21(26)16-4-5-16)20(19-3-2-14-27-19)25-12-10-24(11-13-25)18-8-6-17(22)7-9-18/h2-3,6-9,14-16,20H,4-5,10-13H2,1H3,(H,23,26)/t15-,20+/m0/s1. The van der Waals surface area contributed by atoms with E-state index in [-0.39, 0.29) is 29.7 Å². The van der Waals surface area contributed by atoms with Gasteiger partial charge in [0, 0.05) is 48.7 Å². The largest absolute Gasteiger partial charge is 0.369 e. The highest BCUT2D eigenvalue weighted by atomic mass is 32.1. The van der Waals surface area contributed by atoms with Crippen LogP contribution in [-0.4, -0.2) is 43.0 Å². The first kappa shape index (κ1) is 18.4. The Morgan fingerprint density at radius 2 is 1.85 bits per heavy atom. The Morgan fingerprint density at radius 3 is 2.44 bits per heavy atom. The first-order valence-electron chi connectivity index (χ1n) is 9.70. The Bertz CT molecular complexity index is 752. The number of amides is 1. The van der Waals surface area contributed by atoms with Crippen molar-refractivity contribution in [3.8, 4) is 0 Å². The lowest BCUT2D eigenvalue weighted by atomic mass is 10.0. The number of nitrogens with zero attached hydrogens (tertiary/aromatic N) is 2. The summed E-state index contributed by atoms with van der Waals surface area (Å²) in [6, 6.07) is 11.3. The highest BCUT2D eigenvalue weighted by Crippen LogP contribution is 2.32. The van der Waals surface area contributed by atoms with Gasteiger partial charge < -0.3 is 10.2 Å². The molecule has 0 bridgehead atoms. The predicted octanol–water partition coefficient (Wildman–Crippen LogP) is 3.67. The van der Waals surface area contributed by atoms with Crippen molar-refractivity contribution in [2.24, 2.45) is 5.92 Å². The number of benzene rings is 1. The molecule has 1 amide bonds. The maximum atomic E-state index is 13.2. The molecule has 0 spiro atoms. The number of halogens is 1. The number of thiophene rings is 1. The van der Waals surface area contributed by atoms with Gasteiger partial charge in [-0.2, -0.15) is 0 Å². The van der Waals surface area contributed by atoms with Gasteiger partial charge in [-0.15, -0.1) is 11.3 Å². The topological polar surface area (TPSA) is 35.6 Å². The van der Waals surface area contributed by atoms with Crippen molar-refractivity contribution in [2.75, 3.05) is 31.1 Å². The van der Waals surface area contributed by atoms with Crippen LogP contribution in [0.1, 0.15) is 30.7 Å². The minimum absolute atomic E-state index is 0.0779. The van der Waals surface area contributed by atoms with Crippen molar-refractivity contribution in [1.29, 1.82) is 0 Å². The second kappa shape index (κ2) is 7.98. The van der Waals surface area contributed by atoms with Gasteiger partial charge in [-0.3, -0.25) is 9.69 Å². The number of anilines is 1. The molecule has 27 heavy (non-hydrogen) atoms. The van der Waals surface area contributed by atoms with E-state index in [0.29, 0.717) is 0 Å². The maximum absolute atomic E-state index is 13.2. The first-order valence-corrected chi connectivity index (χ1v) is 10.6. The van der Waals surface area contributed by atoms with Crippen LogP contribution in [0.15, 0.2) is 41.8 Å². The summed E-state index contributed by atoms with van der Waals surface area (Å²) in [7, 11) is 0. The molecule has 144 valence electrons. The Labute approximate surface area is 164 Å². The molecule has 0 unspecified atom stereocenters. The Morgan fingerprint density at radius 1 is 1.15 bits per heavy atom. The fourth-order valence-corrected chi connectivity index (χ4v) is 4.84. The zero-order chi connectivity index (χ0) is 18.8. The second-order valence-electron chi connectivity index (χ2n) is 7.53. The summed E-state index contributed by atoms with van der Waals surface area (Å²) in [5.74, 6) is 0.233. The van der Waals surface area contributed by atoms with Gasteiger partial charge in [0.05, 0.1) is 6.04 Å². The summed E-state index contributed by atoms with van der Waals surface area (Å²) >= 11 is 1.75. The van der Waals surface area contributed by atoms with Crippen molar-refractivity contribution in [1.82, 2.24) is 10.2 Å². The minimum Gasteiger partial charge on any atom is -0.369 e. The van der Waals surface area contributed by atoms with Gasteiger partial charge in [0.25, 0.3) is 0 Å². The lowest BCUT2D eigenvalue weighted by Crippen LogP contribution is -2.52. The van der Waals surface area contributed by atoms with Crippen LogP contribution >= 0.6 is 11.3 Å². The van der Waals surface area contributed by atoms with E-state index in [9.17, 15) is 9.18 Å². The van der Waals surface area contributed by atoms with Crippen LogP contribution in [0.5, 0.6) is 0 Å². The summed E-state index contributed by atoms with van der Waals surface area (Å²) in [6.07, 6.45) is 2.05. The van der Waals surface area contributed by atoms with Crippen molar-refractivity contribution in [2.45, 2.75) is 31.8 Å². The number of piperazine rings is 1. The normalized spacial score (nSPS) is 20.3. The molecule has 6 heteroatoms. The molecule has 1 N–H and O–H groups in total. The molecule has 4 nitrogen and oxygen atoms in total. The van der Waals surface area contributed by atoms with Gasteiger partial charge in [0.2, 0.25) is 5.91 Å². The number of hydrogen-bond donors (Lipinski definition) is 1. The SMILES string of the molecule is C[C@H](NC(=O)C1CC1)[C@H](c1cccs1)N1CCN(c2ccc(F)cc2)CC1. The molecule has 2 atom stereocenters. The molecular weight excluding hydrogens is 361 g/mol. The Kier molecular flexibility index (Phi) is 5.45. The average molecular weight is 388 g/mol. The van der Waals surface area contributed by atoms with Crippen molar-refractivity contribution in [3.63, 3.8) is 0 Å². The van der Waals surface area contributed by atoms with E-state index in [0.717, 1.165) is 44.7 Å². The van der Waals surface area contributed by atoms with E-state index < -0.39 is 0 Å². The number of hydrogen-bond acceptors (Lipinski definition) is 4. The zero-order valence-corrected chi connectivity index (χ0v) is 16.4. The second-order valence-corrected chi connectivity index (χ2v) is 8.51. The molecule has 1 aliphatic heterocycles. The molecule has 1 saturated heterocycles. The fraction of sp³-hybridized carbons (Fsp3) is 0.476. The quantitative estimate of drug-likeness (QED) is 0.822. The maximum Gasteiger partial charge on any atom is 0.223 e. The van der Waals surface area contributed by atoms with Crippen molar-refractivity contribution >= 4 is 22.9 Å². The molecule has 1 aliphatic carbocycles. The third-order valence-electron chi connectivity index (χ3n) is 5.53. The molecule has 1 aromatic heterocycles. The van der Waals surface area contributed by atoms with Crippen LogP contribution in [0.2, 0.25) is 0 Å². The van der Waals surface area contributed by atoms with Crippen LogP contribution in [0.4, 0.5) is 10.1 Å². The van der Waals surface area contributed by atoms with Crippen molar-refractivity contribution in [3.05, 3.63) is 52.5 Å². The molecule has 0 radical (unpaired) electrons. The molecular formula is C21H26FN3OS. The molecule has 1 saturated carbocycles. The van der Waals surface area contributed by atoms with E-state index in [1.165, 1.54) is 17.0 Å². The van der Waals surface area contributed by atoms with Crippen molar-refractivity contribution < 1.29 is 9.18 Å². The average Bonchev–Trinajstić information content (AvgIpc) is 3.40. The van der Waals surface area contributed by atoms with Crippen LogP contribution in [-0.2, 0) is 4.79 Å². The number of rotatable bonds is 6. The first-order chi connectivity index (χ1) is 13.1. The van der Waals surface area contributed by atoms with E-state index in [4.69, 9.17) is 0 Å². The van der Waals surface area contributed by atoms with Gasteiger partial charge in [-0.1, -0.05) is 6.07 Å². The van der Waals surface area contributed by atoms with Crippen LogP contribution in [0.3, 0.4) is 0 Å². The lowest BCUT2D eigenvalue weighted by molar-refractivity contribution is -0.123. The van der Waals surface area contributed by atoms with Crippen LogP contribution in [0.25, 0.3) is 0 Å². The third-order valence-corrected chi connectivity index (χ3v) is 6.47. The molecule has 2 heterocycles. The van der Waals surface area contributed by atoms with Gasteiger partial charge in [-0.25, -0.2) is 4.39 Å². The lowest BCUT2D eigenvalue weighted by Gasteiger charge is -2.42. The predicted molar refractivity (Wildman–Crippen MR) is 108 cm³/mol. The van der Waals surface area contributed by atoms with Gasteiger partial charge in [0.1, 0.15) is 5.82 Å². The minimum atomic E-state index is -0.199. The summed E-state index contributed by atoms with van der Waals surface area (Å²) in [6.45, 7) is 5.76. The third kappa shape index (κ3) is 4.33. The molecule has 1 aromatic carbocycles. The fourth-order valence-electron chi connectivity index (χ4n) is 3.88. The van der Waals surface area contributed by atoms with E-state index in [1.54, 1.807) is 11.3 Å². The smallest absolute Gasteiger partial charge is 0.223 e. The van der Waals surface area contributed by atoms with Gasteiger partial charge in [-0.05, 0) is 55.5 Å². The highest BCUT2D eigenvalue weighted by Gasteiger charge is 2.35. The van der Waals surface area contributed by atoms with Crippen LogP contribution < -0.4 is 10.2 Å².